The van der Waals surface area contributed by atoms with Gasteiger partial charge in [0.15, 0.2) is 9.84 Å². The average molecular weight is 1250 g/mol. The van der Waals surface area contributed by atoms with Gasteiger partial charge in [-0.2, -0.15) is 13.2 Å². The number of aromatic nitrogens is 1. The Morgan fingerprint density at radius 3 is 2.05 bits per heavy atom. The van der Waals surface area contributed by atoms with E-state index in [0.717, 1.165) is 23.3 Å². The van der Waals surface area contributed by atoms with Gasteiger partial charge in [-0.3, -0.25) is 14.1 Å². The first-order valence-electron chi connectivity index (χ1n) is 25.8. The molecule has 3 heterocycles. The summed E-state index contributed by atoms with van der Waals surface area (Å²) in [7, 11) is -19.1. The number of nitrogens with zero attached hydrogens (tertiary/aromatic N) is 4. The van der Waals surface area contributed by atoms with Crippen LogP contribution in [-0.4, -0.2) is 133 Å². The maximum Gasteiger partial charge on any atom is 0.501 e. The van der Waals surface area contributed by atoms with E-state index >= 15 is 4.39 Å². The Labute approximate surface area is 484 Å². The van der Waals surface area contributed by atoms with Gasteiger partial charge in [-0.05, 0) is 130 Å². The third kappa shape index (κ3) is 14.5. The number of halogens is 5. The molecule has 1 unspecified atom stereocenters. The van der Waals surface area contributed by atoms with Crippen LogP contribution >= 0.6 is 31.0 Å². The van der Waals surface area contributed by atoms with E-state index in [9.17, 15) is 47.8 Å². The Morgan fingerprint density at radius 2 is 1.46 bits per heavy atom. The van der Waals surface area contributed by atoms with E-state index < -0.39 is 94.3 Å². The minimum Gasteiger partial charge on any atom is -0.465 e. The Kier molecular flexibility index (Phi) is 18.7. The molecule has 442 valence electrons. The molecule has 0 bridgehead atoms. The number of carbonyl (C=O) groups excluding carboxylic acids is 1. The zero-order valence-electron chi connectivity index (χ0n) is 45.2. The lowest BCUT2D eigenvalue weighted by atomic mass is 9.82. The second-order valence-electron chi connectivity index (χ2n) is 20.9. The summed E-state index contributed by atoms with van der Waals surface area (Å²) in [6.45, 7) is 9.18. The van der Waals surface area contributed by atoms with Crippen molar-refractivity contribution in [1.82, 2.24) is 9.47 Å². The molecule has 0 saturated carbocycles. The van der Waals surface area contributed by atoms with Gasteiger partial charge in [-0.1, -0.05) is 41.9 Å². The van der Waals surface area contributed by atoms with E-state index in [-0.39, 0.29) is 41.9 Å². The van der Waals surface area contributed by atoms with Gasteiger partial charge in [-0.25, -0.2) is 29.6 Å². The van der Waals surface area contributed by atoms with Gasteiger partial charge in [0.25, 0.3) is 19.9 Å². The number of thioether (sulfide) groups is 1. The second kappa shape index (κ2) is 24.5. The lowest BCUT2D eigenvalue weighted by molar-refractivity contribution is -0.165. The minimum absolute atomic E-state index is 0.0274. The van der Waals surface area contributed by atoms with Crippen molar-refractivity contribution in [1.29, 1.82) is 0 Å². The first-order valence-corrected chi connectivity index (χ1v) is 33.8. The molecule has 8 rings (SSSR count). The molecule has 27 heteroatoms. The number of sulfonamides is 1. The molecule has 2 aliphatic rings. The fourth-order valence-electron chi connectivity index (χ4n) is 10.3. The summed E-state index contributed by atoms with van der Waals surface area (Å²) >= 11 is 7.59. The van der Waals surface area contributed by atoms with Crippen molar-refractivity contribution < 1.29 is 66.7 Å². The zero-order chi connectivity index (χ0) is 59.7. The highest BCUT2D eigenvalue weighted by Crippen LogP contribution is 2.45. The molecule has 1 atom stereocenters. The lowest BCUT2D eigenvalue weighted by Gasteiger charge is -2.46. The number of nitrogens with one attached hydrogen (secondary N) is 2. The molecule has 0 amide bonds. The molecule has 0 aliphatic carbocycles. The molecule has 5 aromatic carbocycles. The molecule has 2 aliphatic heterocycles. The number of rotatable bonds is 22. The molecule has 0 radical (unpaired) electrons. The van der Waals surface area contributed by atoms with Gasteiger partial charge in [-0.15, -0.1) is 11.8 Å². The number of ether oxygens (including phenoxy) is 1. The predicted molar refractivity (Wildman–Crippen MR) is 311 cm³/mol. The van der Waals surface area contributed by atoms with Gasteiger partial charge < -0.3 is 39.1 Å². The van der Waals surface area contributed by atoms with E-state index in [1.807, 2.05) is 45.2 Å². The van der Waals surface area contributed by atoms with Gasteiger partial charge in [0.05, 0.1) is 32.7 Å². The fourth-order valence-corrected chi connectivity index (χ4v) is 15.1. The van der Waals surface area contributed by atoms with Gasteiger partial charge in [0.1, 0.15) is 17.3 Å². The topological polar surface area (TPSA) is 225 Å². The van der Waals surface area contributed by atoms with Crippen LogP contribution in [0.4, 0.5) is 40.3 Å². The third-order valence-corrected chi connectivity index (χ3v) is 20.5. The molecule has 2 saturated heterocycles. The highest BCUT2D eigenvalue weighted by Gasteiger charge is 2.49. The Balaban J connectivity index is 0.966. The van der Waals surface area contributed by atoms with Crippen molar-refractivity contribution in [3.05, 3.63) is 132 Å². The normalized spacial score (nSPS) is 15.8. The standard InChI is InChI=1S/C55H62ClF4N6O11PS4/c1-36(2)66-37(3)52(80(5,71)72)50(51(66)38-11-13-40(56)14-12-38)39-29-41(57)31-45(30-39)65-25-23-64(24-26-65)44-17-15-42(16-18-44)62-82(75,76)47-19-20-48(49(32-47)81(73,74)55(58,59)60)61-43(33-79-46-9-7-6-8-10-46)21-22-63-34-54(4,35-63)53(67)77-27-28-78(68,69)70/h6-20,29-32,36,43,61-62H,21-28,33-35H2,1-5H3,(H2,68,69,70). The van der Waals surface area contributed by atoms with Gasteiger partial charge >= 0.3 is 19.1 Å². The smallest absolute Gasteiger partial charge is 0.465 e. The van der Waals surface area contributed by atoms with Crippen molar-refractivity contribution in [2.75, 3.05) is 90.4 Å². The quantitative estimate of drug-likeness (QED) is 0.0215. The van der Waals surface area contributed by atoms with E-state index in [1.165, 1.54) is 36.0 Å². The first-order chi connectivity index (χ1) is 38.3. The fraction of sp³-hybridized carbons (Fsp3) is 0.364. The highest BCUT2D eigenvalue weighted by atomic mass is 35.5. The van der Waals surface area contributed by atoms with Crippen molar-refractivity contribution in [3.63, 3.8) is 0 Å². The van der Waals surface area contributed by atoms with Crippen LogP contribution in [0.3, 0.4) is 0 Å². The number of carbonyl (C=O) groups is 1. The number of benzene rings is 5. The Bertz CT molecular complexity index is 3710. The summed E-state index contributed by atoms with van der Waals surface area (Å²) in [5, 5.41) is 3.43. The number of sulfone groups is 2. The Morgan fingerprint density at radius 1 is 0.841 bits per heavy atom. The summed E-state index contributed by atoms with van der Waals surface area (Å²) in [6, 6.07) is 28.3. The SMILES string of the molecule is Cc1c(S(C)(=O)=O)c(-c2cc(F)cc(N3CCN(c4ccc(NS(=O)(=O)c5ccc(NC(CCN6CC(C)(C(=O)OCCP(=O)(O)O)C6)CSc6ccccc6)c(S(=O)(=O)C(F)(F)F)c5)cc4)CC3)c2)c(-c2ccc(Cl)cc2)n1C(C)C. The lowest BCUT2D eigenvalue weighted by Crippen LogP contribution is -2.59. The Hall–Kier alpha value is -5.63. The molecule has 2 fully saturated rings. The van der Waals surface area contributed by atoms with Crippen molar-refractivity contribution in [2.24, 2.45) is 5.41 Å². The summed E-state index contributed by atoms with van der Waals surface area (Å²) in [5.74, 6) is -0.988. The number of anilines is 4. The predicted octanol–water partition coefficient (Wildman–Crippen LogP) is 10.3. The second-order valence-corrected chi connectivity index (χ2v) is 29.7. The molecule has 17 nitrogen and oxygen atoms in total. The number of piperazine rings is 1. The summed E-state index contributed by atoms with van der Waals surface area (Å²) < 4.78 is 161. The molecule has 4 N–H and O–H groups in total. The molecule has 1 aromatic heterocycles. The minimum atomic E-state index is -6.15. The number of likely N-dealkylation sites (tertiary alicyclic amines) is 1. The number of esters is 1. The van der Waals surface area contributed by atoms with Crippen molar-refractivity contribution in [2.45, 2.75) is 71.3 Å². The number of hydrogen-bond acceptors (Lipinski definition) is 14. The summed E-state index contributed by atoms with van der Waals surface area (Å²) in [6.07, 6.45) is 0.731. The largest absolute Gasteiger partial charge is 0.501 e. The third-order valence-electron chi connectivity index (χ3n) is 14.2. The summed E-state index contributed by atoms with van der Waals surface area (Å²) in [5.41, 5.74) is -3.47. The van der Waals surface area contributed by atoms with Crippen LogP contribution in [0.15, 0.2) is 135 Å². The van der Waals surface area contributed by atoms with E-state index in [4.69, 9.17) is 26.1 Å². The first kappa shape index (κ1) is 62.4. The maximum atomic E-state index is 15.8. The van der Waals surface area contributed by atoms with Crippen molar-refractivity contribution >= 4 is 89.4 Å². The molecule has 82 heavy (non-hydrogen) atoms. The van der Waals surface area contributed by atoms with Crippen LogP contribution in [-0.2, 0) is 43.8 Å². The average Bonchev–Trinajstić information content (AvgIpc) is 3.79. The molecular weight excluding hydrogens is 1190 g/mol. The van der Waals surface area contributed by atoms with Crippen LogP contribution in [0.25, 0.3) is 22.4 Å². The van der Waals surface area contributed by atoms with Crippen LogP contribution in [0.1, 0.15) is 38.9 Å². The van der Waals surface area contributed by atoms with Crippen molar-refractivity contribution in [3.8, 4) is 22.4 Å². The molecular formula is C55H62ClF4N6O11PS4. The van der Waals surface area contributed by atoms with Crippen LogP contribution in [0.5, 0.6) is 0 Å². The van der Waals surface area contributed by atoms with E-state index in [0.29, 0.717) is 83.3 Å². The maximum absolute atomic E-state index is 15.8. The molecule has 6 aromatic rings. The summed E-state index contributed by atoms with van der Waals surface area (Å²) in [4.78, 5) is 35.7. The van der Waals surface area contributed by atoms with Gasteiger partial charge in [0.2, 0.25) is 0 Å². The molecule has 0 spiro atoms. The number of hydrogen-bond donors (Lipinski definition) is 4. The van der Waals surface area contributed by atoms with E-state index in [2.05, 4.69) is 10.0 Å². The van der Waals surface area contributed by atoms with Gasteiger partial charge in [0, 0.05) is 108 Å². The van der Waals surface area contributed by atoms with Crippen LogP contribution in [0.2, 0.25) is 5.02 Å². The van der Waals surface area contributed by atoms with Crippen LogP contribution < -0.4 is 19.8 Å². The highest BCUT2D eigenvalue weighted by molar-refractivity contribution is 7.99. The number of alkyl halides is 3. The van der Waals surface area contributed by atoms with E-state index in [1.54, 1.807) is 74.5 Å². The zero-order valence-corrected chi connectivity index (χ0v) is 50.1. The monoisotopic (exact) mass is 1250 g/mol. The van der Waals surface area contributed by atoms with Crippen LogP contribution in [0, 0.1) is 18.2 Å².